The molecular formula is C21H35IN6O3. The first kappa shape index (κ1) is 27.0. The Bertz CT molecular complexity index is 718. The standard InChI is InChI=1S/C21H34N6O3.HI/c1-4-22-21(24-10-9-23-20(30)17-5-7-18(28)8-6-17)27-13-11-26(12-14-27)15-19(29)25-16(2)3;/h5-8,16,28H,4,9-15H2,1-3H3,(H,22,24)(H,23,30)(H,25,29);1H. The van der Waals surface area contributed by atoms with Crippen molar-refractivity contribution in [3.8, 4) is 5.75 Å². The summed E-state index contributed by atoms with van der Waals surface area (Å²) in [4.78, 5) is 33.0. The van der Waals surface area contributed by atoms with E-state index in [1.807, 2.05) is 20.8 Å². The number of halogens is 1. The lowest BCUT2D eigenvalue weighted by atomic mass is 10.2. The van der Waals surface area contributed by atoms with Crippen LogP contribution >= 0.6 is 24.0 Å². The number of nitrogens with one attached hydrogen (secondary N) is 3. The van der Waals surface area contributed by atoms with E-state index in [9.17, 15) is 14.7 Å². The zero-order chi connectivity index (χ0) is 21.9. The molecule has 0 saturated carbocycles. The van der Waals surface area contributed by atoms with Gasteiger partial charge in [-0.3, -0.25) is 19.5 Å². The molecule has 0 unspecified atom stereocenters. The molecule has 10 heteroatoms. The van der Waals surface area contributed by atoms with Crippen molar-refractivity contribution in [3.05, 3.63) is 29.8 Å². The van der Waals surface area contributed by atoms with Gasteiger partial charge < -0.3 is 26.0 Å². The van der Waals surface area contributed by atoms with E-state index in [0.717, 1.165) is 38.7 Å². The van der Waals surface area contributed by atoms with Gasteiger partial charge in [-0.05, 0) is 45.0 Å². The van der Waals surface area contributed by atoms with Crippen molar-refractivity contribution >= 4 is 41.8 Å². The Morgan fingerprint density at radius 2 is 1.74 bits per heavy atom. The molecule has 2 amide bonds. The largest absolute Gasteiger partial charge is 0.508 e. The Labute approximate surface area is 201 Å². The van der Waals surface area contributed by atoms with Crippen LogP contribution in [0.4, 0.5) is 0 Å². The number of guanidine groups is 1. The van der Waals surface area contributed by atoms with Crippen LogP contribution in [0.1, 0.15) is 31.1 Å². The Morgan fingerprint density at radius 1 is 1.10 bits per heavy atom. The van der Waals surface area contributed by atoms with E-state index in [4.69, 9.17) is 0 Å². The molecule has 1 fully saturated rings. The third-order valence-corrected chi connectivity index (χ3v) is 4.61. The minimum absolute atomic E-state index is 0. The summed E-state index contributed by atoms with van der Waals surface area (Å²) in [7, 11) is 0. The number of piperazine rings is 1. The highest BCUT2D eigenvalue weighted by atomic mass is 127. The van der Waals surface area contributed by atoms with Crippen molar-refractivity contribution in [2.24, 2.45) is 4.99 Å². The van der Waals surface area contributed by atoms with Crippen molar-refractivity contribution in [1.29, 1.82) is 0 Å². The van der Waals surface area contributed by atoms with Crippen LogP contribution < -0.4 is 16.0 Å². The first-order valence-electron chi connectivity index (χ1n) is 10.5. The molecule has 0 spiro atoms. The van der Waals surface area contributed by atoms with Gasteiger partial charge in [-0.25, -0.2) is 0 Å². The second-order valence-corrected chi connectivity index (χ2v) is 7.52. The number of phenolic OH excluding ortho intramolecular Hbond substituents is 1. The first-order valence-corrected chi connectivity index (χ1v) is 10.5. The fourth-order valence-corrected chi connectivity index (χ4v) is 3.16. The molecule has 0 aromatic heterocycles. The van der Waals surface area contributed by atoms with Crippen molar-refractivity contribution in [2.75, 3.05) is 52.4 Å². The Balaban J connectivity index is 0.00000480. The van der Waals surface area contributed by atoms with Crippen LogP contribution in [-0.2, 0) is 4.79 Å². The second kappa shape index (κ2) is 14.1. The number of aromatic hydroxyl groups is 1. The topological polar surface area (TPSA) is 109 Å². The Morgan fingerprint density at radius 3 is 2.32 bits per heavy atom. The molecule has 0 radical (unpaired) electrons. The number of phenols is 1. The van der Waals surface area contributed by atoms with Crippen molar-refractivity contribution in [2.45, 2.75) is 26.8 Å². The van der Waals surface area contributed by atoms with Gasteiger partial charge in [0.25, 0.3) is 5.91 Å². The summed E-state index contributed by atoms with van der Waals surface area (Å²) in [5.41, 5.74) is 0.501. The monoisotopic (exact) mass is 546 g/mol. The molecule has 1 aliphatic rings. The average Bonchev–Trinajstić information content (AvgIpc) is 2.70. The SMILES string of the molecule is CCNC(=NCCNC(=O)c1ccc(O)cc1)N1CCN(CC(=O)NC(C)C)CC1.I. The average molecular weight is 546 g/mol. The Kier molecular flexibility index (Phi) is 12.2. The number of hydrogen-bond donors (Lipinski definition) is 4. The van der Waals surface area contributed by atoms with Gasteiger partial charge in [0.2, 0.25) is 5.91 Å². The van der Waals surface area contributed by atoms with E-state index in [0.29, 0.717) is 25.2 Å². The summed E-state index contributed by atoms with van der Waals surface area (Å²) in [5, 5.41) is 18.4. The van der Waals surface area contributed by atoms with Crippen molar-refractivity contribution in [1.82, 2.24) is 25.8 Å². The van der Waals surface area contributed by atoms with Gasteiger partial charge in [0, 0.05) is 50.9 Å². The summed E-state index contributed by atoms with van der Waals surface area (Å²) >= 11 is 0. The van der Waals surface area contributed by atoms with Crippen LogP contribution in [0.3, 0.4) is 0 Å². The van der Waals surface area contributed by atoms with Gasteiger partial charge in [-0.2, -0.15) is 0 Å². The van der Waals surface area contributed by atoms with E-state index < -0.39 is 0 Å². The van der Waals surface area contributed by atoms with Crippen LogP contribution in [0.25, 0.3) is 0 Å². The Hall–Kier alpha value is -2.08. The molecule has 0 aliphatic carbocycles. The second-order valence-electron chi connectivity index (χ2n) is 7.52. The third kappa shape index (κ3) is 9.72. The minimum Gasteiger partial charge on any atom is -0.508 e. The maximum atomic E-state index is 12.1. The molecule has 174 valence electrons. The number of carbonyl (C=O) groups is 2. The molecule has 31 heavy (non-hydrogen) atoms. The van der Waals surface area contributed by atoms with Gasteiger partial charge in [-0.1, -0.05) is 0 Å². The zero-order valence-electron chi connectivity index (χ0n) is 18.6. The molecule has 0 bridgehead atoms. The number of benzene rings is 1. The van der Waals surface area contributed by atoms with Crippen molar-refractivity contribution in [3.63, 3.8) is 0 Å². The molecule has 2 rings (SSSR count). The van der Waals surface area contributed by atoms with Gasteiger partial charge >= 0.3 is 0 Å². The smallest absolute Gasteiger partial charge is 0.251 e. The molecule has 9 nitrogen and oxygen atoms in total. The molecule has 1 aliphatic heterocycles. The highest BCUT2D eigenvalue weighted by Crippen LogP contribution is 2.09. The van der Waals surface area contributed by atoms with Crippen molar-refractivity contribution < 1.29 is 14.7 Å². The lowest BCUT2D eigenvalue weighted by molar-refractivity contribution is -0.123. The highest BCUT2D eigenvalue weighted by molar-refractivity contribution is 14.0. The van der Waals surface area contributed by atoms with Crippen LogP contribution in [-0.4, -0.2) is 91.1 Å². The molecule has 1 aromatic rings. The number of carbonyl (C=O) groups excluding carboxylic acids is 2. The highest BCUT2D eigenvalue weighted by Gasteiger charge is 2.21. The number of aliphatic imine (C=N–C) groups is 1. The molecule has 1 saturated heterocycles. The fraction of sp³-hybridized carbons (Fsp3) is 0.571. The van der Waals surface area contributed by atoms with Crippen LogP contribution in [0.15, 0.2) is 29.3 Å². The fourth-order valence-electron chi connectivity index (χ4n) is 3.16. The molecule has 4 N–H and O–H groups in total. The van der Waals surface area contributed by atoms with Gasteiger partial charge in [0.05, 0.1) is 13.1 Å². The summed E-state index contributed by atoms with van der Waals surface area (Å²) in [5.74, 6) is 0.821. The van der Waals surface area contributed by atoms with E-state index >= 15 is 0 Å². The van der Waals surface area contributed by atoms with Crippen LogP contribution in [0.2, 0.25) is 0 Å². The number of rotatable bonds is 8. The predicted molar refractivity (Wildman–Crippen MR) is 133 cm³/mol. The van der Waals surface area contributed by atoms with Crippen LogP contribution in [0, 0.1) is 0 Å². The summed E-state index contributed by atoms with van der Waals surface area (Å²) in [6.07, 6.45) is 0. The molecule has 1 aromatic carbocycles. The van der Waals surface area contributed by atoms with E-state index in [2.05, 4.69) is 30.7 Å². The summed E-state index contributed by atoms with van der Waals surface area (Å²) < 4.78 is 0. The lowest BCUT2D eigenvalue weighted by Gasteiger charge is -2.36. The molecular weight excluding hydrogens is 511 g/mol. The summed E-state index contributed by atoms with van der Waals surface area (Å²) in [6.45, 7) is 11.2. The van der Waals surface area contributed by atoms with E-state index in [-0.39, 0.29) is 47.6 Å². The number of nitrogens with zero attached hydrogens (tertiary/aromatic N) is 3. The zero-order valence-corrected chi connectivity index (χ0v) is 20.9. The molecule has 0 atom stereocenters. The van der Waals surface area contributed by atoms with Gasteiger partial charge in [-0.15, -0.1) is 24.0 Å². The number of amides is 2. The third-order valence-electron chi connectivity index (χ3n) is 4.61. The van der Waals surface area contributed by atoms with Gasteiger partial charge in [0.1, 0.15) is 5.75 Å². The van der Waals surface area contributed by atoms with Gasteiger partial charge in [0.15, 0.2) is 5.96 Å². The summed E-state index contributed by atoms with van der Waals surface area (Å²) in [6, 6.07) is 6.30. The quantitative estimate of drug-likeness (QED) is 0.167. The normalized spacial score (nSPS) is 14.7. The van der Waals surface area contributed by atoms with Crippen LogP contribution in [0.5, 0.6) is 5.75 Å². The first-order chi connectivity index (χ1) is 14.4. The molecule has 1 heterocycles. The number of hydrogen-bond acceptors (Lipinski definition) is 5. The maximum Gasteiger partial charge on any atom is 0.251 e. The van der Waals surface area contributed by atoms with E-state index in [1.54, 1.807) is 12.1 Å². The lowest BCUT2D eigenvalue weighted by Crippen LogP contribution is -2.54. The van der Waals surface area contributed by atoms with E-state index in [1.165, 1.54) is 12.1 Å². The minimum atomic E-state index is -0.191. The predicted octanol–water partition coefficient (Wildman–Crippen LogP) is 0.848. The maximum absolute atomic E-state index is 12.1.